The van der Waals surface area contributed by atoms with Gasteiger partial charge in [0.25, 0.3) is 5.91 Å². The molecular formula is C29H34N4O3S. The predicted molar refractivity (Wildman–Crippen MR) is 147 cm³/mol. The van der Waals surface area contributed by atoms with Crippen LogP contribution in [0.1, 0.15) is 68.7 Å². The Kier molecular flexibility index (Phi) is 7.91. The van der Waals surface area contributed by atoms with Gasteiger partial charge in [-0.2, -0.15) is 5.26 Å². The van der Waals surface area contributed by atoms with Crippen LogP contribution in [0.3, 0.4) is 0 Å². The van der Waals surface area contributed by atoms with Gasteiger partial charge in [-0.15, -0.1) is 0 Å². The van der Waals surface area contributed by atoms with Gasteiger partial charge in [-0.25, -0.2) is 13.1 Å². The van der Waals surface area contributed by atoms with Gasteiger partial charge in [0.15, 0.2) is 0 Å². The molecule has 1 aromatic heterocycles. The SMILES string of the molecule is Cc1ncc(NC(=O)c2cc(C#N)cc(C(C)(C)C)c2)cc1-c1ccc(S(=O)(=O)NCC(C)(C)C)cc1. The number of hydrogen-bond donors (Lipinski definition) is 2. The number of anilines is 1. The van der Waals surface area contributed by atoms with Crippen LogP contribution in [0.4, 0.5) is 5.69 Å². The van der Waals surface area contributed by atoms with Gasteiger partial charge in [-0.05, 0) is 65.3 Å². The zero-order valence-electron chi connectivity index (χ0n) is 22.4. The number of rotatable bonds is 6. The second-order valence-electron chi connectivity index (χ2n) is 11.4. The van der Waals surface area contributed by atoms with Gasteiger partial charge in [0.2, 0.25) is 10.0 Å². The van der Waals surface area contributed by atoms with Crippen LogP contribution in [0, 0.1) is 23.7 Å². The number of amides is 1. The smallest absolute Gasteiger partial charge is 0.255 e. The van der Waals surface area contributed by atoms with Crippen LogP contribution in [-0.2, 0) is 15.4 Å². The molecule has 194 valence electrons. The lowest BCUT2D eigenvalue weighted by atomic mass is 9.85. The number of carbonyl (C=O) groups is 1. The first-order valence-corrected chi connectivity index (χ1v) is 13.5. The maximum absolute atomic E-state index is 13.1. The monoisotopic (exact) mass is 518 g/mol. The van der Waals surface area contributed by atoms with Crippen molar-refractivity contribution in [3.8, 4) is 17.2 Å². The molecule has 0 unspecified atom stereocenters. The molecular weight excluding hydrogens is 484 g/mol. The number of aryl methyl sites for hydroxylation is 1. The molecule has 2 N–H and O–H groups in total. The highest BCUT2D eigenvalue weighted by atomic mass is 32.2. The van der Waals surface area contributed by atoms with Crippen LogP contribution < -0.4 is 10.0 Å². The zero-order valence-corrected chi connectivity index (χ0v) is 23.2. The Labute approximate surface area is 220 Å². The van der Waals surface area contributed by atoms with Crippen molar-refractivity contribution in [2.75, 3.05) is 11.9 Å². The molecule has 0 fully saturated rings. The number of carbonyl (C=O) groups excluding carboxylic acids is 1. The first kappa shape index (κ1) is 28.0. The normalized spacial score (nSPS) is 12.2. The minimum Gasteiger partial charge on any atom is -0.321 e. The highest BCUT2D eigenvalue weighted by Gasteiger charge is 2.20. The molecule has 7 nitrogen and oxygen atoms in total. The molecule has 0 saturated heterocycles. The first-order chi connectivity index (χ1) is 17.1. The van der Waals surface area contributed by atoms with E-state index in [9.17, 15) is 18.5 Å². The van der Waals surface area contributed by atoms with E-state index in [0.717, 1.165) is 22.4 Å². The molecule has 2 aromatic carbocycles. The van der Waals surface area contributed by atoms with Gasteiger partial charge in [0, 0.05) is 23.4 Å². The van der Waals surface area contributed by atoms with Gasteiger partial charge in [0.05, 0.1) is 28.4 Å². The summed E-state index contributed by atoms with van der Waals surface area (Å²) in [5, 5.41) is 12.3. The van der Waals surface area contributed by atoms with Crippen LogP contribution >= 0.6 is 0 Å². The Morgan fingerprint density at radius 3 is 2.22 bits per heavy atom. The van der Waals surface area contributed by atoms with E-state index in [1.165, 1.54) is 0 Å². The molecule has 8 heteroatoms. The van der Waals surface area contributed by atoms with Crippen LogP contribution in [0.25, 0.3) is 11.1 Å². The second kappa shape index (κ2) is 10.4. The number of sulfonamides is 1. The molecule has 0 radical (unpaired) electrons. The fourth-order valence-corrected chi connectivity index (χ4v) is 4.85. The Balaban J connectivity index is 1.86. The average molecular weight is 519 g/mol. The number of hydrogen-bond acceptors (Lipinski definition) is 5. The molecule has 0 bridgehead atoms. The van der Waals surface area contributed by atoms with E-state index >= 15 is 0 Å². The standard InChI is InChI=1S/C29H34N4O3S/c1-19-26(21-8-10-25(11-9-21)37(35,36)32-18-28(2,3)4)15-24(17-31-19)33-27(34)22-12-20(16-30)13-23(14-22)29(5,6)7/h8-15,17,32H,18H2,1-7H3,(H,33,34). The predicted octanol–water partition coefficient (Wildman–Crippen LogP) is 5.80. The summed E-state index contributed by atoms with van der Waals surface area (Å²) in [6.07, 6.45) is 1.57. The van der Waals surface area contributed by atoms with Crippen molar-refractivity contribution in [1.29, 1.82) is 5.26 Å². The molecule has 3 rings (SSSR count). The Bertz CT molecular complexity index is 1460. The number of aromatic nitrogens is 1. The topological polar surface area (TPSA) is 112 Å². The Morgan fingerprint density at radius 1 is 1.00 bits per heavy atom. The summed E-state index contributed by atoms with van der Waals surface area (Å²) in [7, 11) is -3.62. The van der Waals surface area contributed by atoms with Gasteiger partial charge in [-0.3, -0.25) is 9.78 Å². The van der Waals surface area contributed by atoms with Crippen LogP contribution in [0.5, 0.6) is 0 Å². The van der Waals surface area contributed by atoms with E-state index in [-0.39, 0.29) is 21.6 Å². The summed E-state index contributed by atoms with van der Waals surface area (Å²) >= 11 is 0. The largest absolute Gasteiger partial charge is 0.321 e. The van der Waals surface area contributed by atoms with Crippen molar-refractivity contribution in [2.24, 2.45) is 5.41 Å². The summed E-state index contributed by atoms with van der Waals surface area (Å²) in [5.41, 5.74) is 4.09. The highest BCUT2D eigenvalue weighted by molar-refractivity contribution is 7.89. The summed E-state index contributed by atoms with van der Waals surface area (Å²) in [6, 6.07) is 15.7. The number of benzene rings is 2. The second-order valence-corrected chi connectivity index (χ2v) is 13.1. The third-order valence-electron chi connectivity index (χ3n) is 5.80. The van der Waals surface area contributed by atoms with E-state index in [1.807, 2.05) is 48.5 Å². The average Bonchev–Trinajstić information content (AvgIpc) is 2.83. The van der Waals surface area contributed by atoms with Crippen molar-refractivity contribution in [1.82, 2.24) is 9.71 Å². The summed E-state index contributed by atoms with van der Waals surface area (Å²) in [4.78, 5) is 17.7. The number of pyridine rings is 1. The molecule has 0 spiro atoms. The van der Waals surface area contributed by atoms with Crippen molar-refractivity contribution >= 4 is 21.6 Å². The van der Waals surface area contributed by atoms with E-state index in [4.69, 9.17) is 0 Å². The molecule has 0 saturated carbocycles. The Morgan fingerprint density at radius 2 is 1.65 bits per heavy atom. The molecule has 3 aromatic rings. The number of nitrogens with zero attached hydrogens (tertiary/aromatic N) is 2. The van der Waals surface area contributed by atoms with Gasteiger partial charge >= 0.3 is 0 Å². The summed E-state index contributed by atoms with van der Waals surface area (Å²) < 4.78 is 27.9. The highest BCUT2D eigenvalue weighted by Crippen LogP contribution is 2.28. The molecule has 0 aliphatic heterocycles. The summed E-state index contributed by atoms with van der Waals surface area (Å²) in [6.45, 7) is 14.1. The van der Waals surface area contributed by atoms with Crippen LogP contribution in [0.2, 0.25) is 0 Å². The minimum atomic E-state index is -3.62. The van der Waals surface area contributed by atoms with E-state index in [1.54, 1.807) is 54.7 Å². The first-order valence-electron chi connectivity index (χ1n) is 12.0. The fraction of sp³-hybridized carbons (Fsp3) is 0.345. The van der Waals surface area contributed by atoms with Gasteiger partial charge in [-0.1, -0.05) is 53.7 Å². The van der Waals surface area contributed by atoms with Crippen molar-refractivity contribution in [3.63, 3.8) is 0 Å². The lowest BCUT2D eigenvalue weighted by molar-refractivity contribution is 0.102. The fourth-order valence-electron chi connectivity index (χ4n) is 3.56. The van der Waals surface area contributed by atoms with E-state index < -0.39 is 10.0 Å². The lowest BCUT2D eigenvalue weighted by Crippen LogP contribution is -2.32. The van der Waals surface area contributed by atoms with Crippen LogP contribution in [0.15, 0.2) is 59.6 Å². The summed E-state index contributed by atoms with van der Waals surface area (Å²) in [5.74, 6) is -0.342. The third-order valence-corrected chi connectivity index (χ3v) is 7.22. The molecule has 0 aliphatic carbocycles. The quantitative estimate of drug-likeness (QED) is 0.428. The Hall–Kier alpha value is -3.54. The number of nitrogens with one attached hydrogen (secondary N) is 2. The van der Waals surface area contributed by atoms with E-state index in [0.29, 0.717) is 23.4 Å². The molecule has 0 aliphatic rings. The van der Waals surface area contributed by atoms with Crippen molar-refractivity contribution in [2.45, 2.75) is 58.8 Å². The maximum atomic E-state index is 13.1. The molecule has 1 heterocycles. The maximum Gasteiger partial charge on any atom is 0.255 e. The van der Waals surface area contributed by atoms with Crippen molar-refractivity contribution in [3.05, 3.63) is 77.1 Å². The van der Waals surface area contributed by atoms with Crippen molar-refractivity contribution < 1.29 is 13.2 Å². The third kappa shape index (κ3) is 7.25. The number of nitriles is 1. The minimum absolute atomic E-state index is 0.176. The van der Waals surface area contributed by atoms with Gasteiger partial charge < -0.3 is 5.32 Å². The van der Waals surface area contributed by atoms with Gasteiger partial charge in [0.1, 0.15) is 0 Å². The molecule has 0 atom stereocenters. The van der Waals surface area contributed by atoms with Crippen LogP contribution in [-0.4, -0.2) is 25.9 Å². The zero-order chi connectivity index (χ0) is 27.6. The van der Waals surface area contributed by atoms with E-state index in [2.05, 4.69) is 21.1 Å². The molecule has 37 heavy (non-hydrogen) atoms. The lowest BCUT2D eigenvalue weighted by Gasteiger charge is -2.20. The molecule has 1 amide bonds.